The van der Waals surface area contributed by atoms with Gasteiger partial charge in [0.15, 0.2) is 17.3 Å². The Morgan fingerprint density at radius 1 is 1.37 bits per heavy atom. The van der Waals surface area contributed by atoms with Gasteiger partial charge in [-0.15, -0.1) is 0 Å². The summed E-state index contributed by atoms with van der Waals surface area (Å²) in [5.74, 6) is 1.36. The Bertz CT molecular complexity index is 617. The van der Waals surface area contributed by atoms with Gasteiger partial charge < -0.3 is 15.6 Å². The standard InChI is InChI=1S/C13H14BrN3O2/c1-3-8-11(14)12(15)17-13(16-8)7-4-5-9(18)10(6-7)19-2/h4-6,18H,3H2,1-2H3,(H2,15,16,17). The fraction of sp³-hybridized carbons (Fsp3) is 0.231. The Hall–Kier alpha value is -1.82. The summed E-state index contributed by atoms with van der Waals surface area (Å²) in [7, 11) is 1.49. The SMILES string of the molecule is CCc1nc(-c2ccc(O)c(OC)c2)nc(N)c1Br. The maximum absolute atomic E-state index is 9.58. The van der Waals surface area contributed by atoms with E-state index in [0.717, 1.165) is 22.2 Å². The lowest BCUT2D eigenvalue weighted by molar-refractivity contribution is 0.373. The molecule has 0 saturated carbocycles. The Morgan fingerprint density at radius 3 is 2.74 bits per heavy atom. The zero-order chi connectivity index (χ0) is 14.0. The maximum atomic E-state index is 9.58. The highest BCUT2D eigenvalue weighted by atomic mass is 79.9. The molecule has 1 aromatic heterocycles. The van der Waals surface area contributed by atoms with Gasteiger partial charge in [0.2, 0.25) is 0 Å². The number of hydrogen-bond donors (Lipinski definition) is 2. The molecular weight excluding hydrogens is 310 g/mol. The van der Waals surface area contributed by atoms with E-state index >= 15 is 0 Å². The number of ether oxygens (including phenoxy) is 1. The predicted octanol–water partition coefficient (Wildman–Crippen LogP) is 2.76. The number of nitrogen functional groups attached to an aromatic ring is 1. The van der Waals surface area contributed by atoms with Gasteiger partial charge in [0.1, 0.15) is 5.82 Å². The largest absolute Gasteiger partial charge is 0.504 e. The van der Waals surface area contributed by atoms with E-state index in [1.807, 2.05) is 6.92 Å². The Balaban J connectivity index is 2.55. The maximum Gasteiger partial charge on any atom is 0.161 e. The lowest BCUT2D eigenvalue weighted by Crippen LogP contribution is -2.02. The number of hydrogen-bond acceptors (Lipinski definition) is 5. The summed E-state index contributed by atoms with van der Waals surface area (Å²) < 4.78 is 5.80. The molecule has 0 aliphatic rings. The van der Waals surface area contributed by atoms with E-state index in [1.54, 1.807) is 18.2 Å². The van der Waals surface area contributed by atoms with Gasteiger partial charge in [-0.05, 0) is 40.5 Å². The number of nitrogens with two attached hydrogens (primary N) is 1. The van der Waals surface area contributed by atoms with Gasteiger partial charge in [0, 0.05) is 5.56 Å². The number of aryl methyl sites for hydroxylation is 1. The predicted molar refractivity (Wildman–Crippen MR) is 77.2 cm³/mol. The highest BCUT2D eigenvalue weighted by Crippen LogP contribution is 2.31. The van der Waals surface area contributed by atoms with E-state index in [-0.39, 0.29) is 5.75 Å². The highest BCUT2D eigenvalue weighted by Gasteiger charge is 2.12. The normalized spacial score (nSPS) is 10.5. The van der Waals surface area contributed by atoms with Crippen LogP contribution in [0.3, 0.4) is 0 Å². The van der Waals surface area contributed by atoms with Gasteiger partial charge in [-0.2, -0.15) is 0 Å². The minimum Gasteiger partial charge on any atom is -0.504 e. The fourth-order valence-corrected chi connectivity index (χ4v) is 2.15. The summed E-state index contributed by atoms with van der Waals surface area (Å²) >= 11 is 3.37. The van der Waals surface area contributed by atoms with E-state index in [2.05, 4.69) is 25.9 Å². The van der Waals surface area contributed by atoms with Crippen molar-refractivity contribution in [1.29, 1.82) is 0 Å². The number of anilines is 1. The van der Waals surface area contributed by atoms with Crippen LogP contribution < -0.4 is 10.5 Å². The molecule has 100 valence electrons. The number of nitrogens with zero attached hydrogens (tertiary/aromatic N) is 2. The summed E-state index contributed by atoms with van der Waals surface area (Å²) in [6, 6.07) is 4.94. The molecule has 6 heteroatoms. The molecule has 0 aliphatic heterocycles. The summed E-state index contributed by atoms with van der Waals surface area (Å²) in [6.07, 6.45) is 0.746. The first-order chi connectivity index (χ1) is 9.06. The third-order valence-corrected chi connectivity index (χ3v) is 3.58. The van der Waals surface area contributed by atoms with Gasteiger partial charge in [-0.3, -0.25) is 0 Å². The molecule has 0 amide bonds. The molecule has 0 radical (unpaired) electrons. The second-order valence-electron chi connectivity index (χ2n) is 3.93. The molecule has 0 aliphatic carbocycles. The number of benzene rings is 1. The van der Waals surface area contributed by atoms with E-state index < -0.39 is 0 Å². The van der Waals surface area contributed by atoms with Crippen molar-refractivity contribution in [2.24, 2.45) is 0 Å². The van der Waals surface area contributed by atoms with Crippen LogP contribution in [0.25, 0.3) is 11.4 Å². The van der Waals surface area contributed by atoms with Crippen molar-refractivity contribution >= 4 is 21.7 Å². The molecule has 1 aromatic carbocycles. The topological polar surface area (TPSA) is 81.3 Å². The number of phenols is 1. The summed E-state index contributed by atoms with van der Waals surface area (Å²) in [6.45, 7) is 1.99. The van der Waals surface area contributed by atoms with Crippen LogP contribution in [0, 0.1) is 0 Å². The molecule has 0 fully saturated rings. The van der Waals surface area contributed by atoms with Gasteiger partial charge in [-0.1, -0.05) is 6.92 Å². The van der Waals surface area contributed by atoms with Crippen LogP contribution in [-0.2, 0) is 6.42 Å². The molecule has 2 aromatic rings. The average Bonchev–Trinajstić information content (AvgIpc) is 2.42. The van der Waals surface area contributed by atoms with Crippen molar-refractivity contribution in [3.63, 3.8) is 0 Å². The van der Waals surface area contributed by atoms with Gasteiger partial charge in [0.05, 0.1) is 17.3 Å². The number of aromatic nitrogens is 2. The van der Waals surface area contributed by atoms with Crippen LogP contribution in [0.15, 0.2) is 22.7 Å². The lowest BCUT2D eigenvalue weighted by atomic mass is 10.2. The highest BCUT2D eigenvalue weighted by molar-refractivity contribution is 9.10. The smallest absolute Gasteiger partial charge is 0.161 e. The average molecular weight is 324 g/mol. The molecule has 0 unspecified atom stereocenters. The number of phenolic OH excluding ortho intramolecular Hbond substituents is 1. The van der Waals surface area contributed by atoms with Crippen molar-refractivity contribution in [2.75, 3.05) is 12.8 Å². The molecule has 0 bridgehead atoms. The summed E-state index contributed by atoms with van der Waals surface area (Å²) in [4.78, 5) is 8.69. The van der Waals surface area contributed by atoms with E-state index in [1.165, 1.54) is 7.11 Å². The molecule has 2 rings (SSSR count). The minimum atomic E-state index is 0.0760. The molecule has 0 spiro atoms. The van der Waals surface area contributed by atoms with Crippen LogP contribution in [0.1, 0.15) is 12.6 Å². The number of aromatic hydroxyl groups is 1. The molecule has 0 atom stereocenters. The minimum absolute atomic E-state index is 0.0760. The van der Waals surface area contributed by atoms with Crippen molar-refractivity contribution in [3.05, 3.63) is 28.4 Å². The number of rotatable bonds is 3. The molecular formula is C13H14BrN3O2. The van der Waals surface area contributed by atoms with Gasteiger partial charge in [0.25, 0.3) is 0 Å². The lowest BCUT2D eigenvalue weighted by Gasteiger charge is -2.09. The molecule has 3 N–H and O–H groups in total. The second-order valence-corrected chi connectivity index (χ2v) is 4.73. The van der Waals surface area contributed by atoms with Crippen molar-refractivity contribution in [2.45, 2.75) is 13.3 Å². The first kappa shape index (κ1) is 13.6. The third kappa shape index (κ3) is 2.63. The molecule has 19 heavy (non-hydrogen) atoms. The van der Waals surface area contributed by atoms with Crippen molar-refractivity contribution in [3.8, 4) is 22.9 Å². The Kier molecular flexibility index (Phi) is 3.90. The van der Waals surface area contributed by atoms with Crippen molar-refractivity contribution < 1.29 is 9.84 Å². The van der Waals surface area contributed by atoms with E-state index in [9.17, 15) is 5.11 Å². The van der Waals surface area contributed by atoms with Crippen LogP contribution in [-0.4, -0.2) is 22.2 Å². The molecule has 1 heterocycles. The van der Waals surface area contributed by atoms with Crippen LogP contribution in [0.4, 0.5) is 5.82 Å². The quantitative estimate of drug-likeness (QED) is 0.907. The monoisotopic (exact) mass is 323 g/mol. The zero-order valence-electron chi connectivity index (χ0n) is 10.6. The zero-order valence-corrected chi connectivity index (χ0v) is 12.2. The van der Waals surface area contributed by atoms with Crippen molar-refractivity contribution in [1.82, 2.24) is 9.97 Å². The van der Waals surface area contributed by atoms with E-state index in [4.69, 9.17) is 10.5 Å². The fourth-order valence-electron chi connectivity index (χ4n) is 1.69. The second kappa shape index (κ2) is 5.44. The third-order valence-electron chi connectivity index (χ3n) is 2.72. The summed E-state index contributed by atoms with van der Waals surface area (Å²) in [5.41, 5.74) is 7.44. The van der Waals surface area contributed by atoms with Crippen LogP contribution >= 0.6 is 15.9 Å². The summed E-state index contributed by atoms with van der Waals surface area (Å²) in [5, 5.41) is 9.58. The number of methoxy groups -OCH3 is 1. The Labute approximate surface area is 119 Å². The van der Waals surface area contributed by atoms with Crippen LogP contribution in [0.2, 0.25) is 0 Å². The van der Waals surface area contributed by atoms with E-state index in [0.29, 0.717) is 17.4 Å². The van der Waals surface area contributed by atoms with Gasteiger partial charge >= 0.3 is 0 Å². The van der Waals surface area contributed by atoms with Crippen LogP contribution in [0.5, 0.6) is 11.5 Å². The number of halogens is 1. The van der Waals surface area contributed by atoms with Gasteiger partial charge in [-0.25, -0.2) is 9.97 Å². The first-order valence-corrected chi connectivity index (χ1v) is 6.55. The molecule has 5 nitrogen and oxygen atoms in total. The Morgan fingerprint density at radius 2 is 2.11 bits per heavy atom. The molecule has 0 saturated heterocycles. The first-order valence-electron chi connectivity index (χ1n) is 5.76.